The van der Waals surface area contributed by atoms with Gasteiger partial charge in [-0.25, -0.2) is 0 Å². The van der Waals surface area contributed by atoms with Gasteiger partial charge in [0, 0.05) is 43.6 Å². The maximum absolute atomic E-state index is 4.08. The van der Waals surface area contributed by atoms with Crippen LogP contribution in [0.1, 0.15) is 32.8 Å². The number of rotatable bonds is 3. The average molecular weight is 233 g/mol. The third kappa shape index (κ3) is 3.05. The van der Waals surface area contributed by atoms with Gasteiger partial charge in [-0.1, -0.05) is 6.92 Å². The zero-order valence-electron chi connectivity index (χ0n) is 11.1. The van der Waals surface area contributed by atoms with E-state index in [1.807, 2.05) is 12.4 Å². The topological polar surface area (TPSA) is 28.2 Å². The van der Waals surface area contributed by atoms with Crippen LogP contribution >= 0.6 is 0 Å². The van der Waals surface area contributed by atoms with E-state index >= 15 is 0 Å². The predicted octanol–water partition coefficient (Wildman–Crippen LogP) is 2.04. The number of nitrogens with zero attached hydrogens (tertiary/aromatic N) is 2. The number of hydrogen-bond acceptors (Lipinski definition) is 3. The number of aromatic nitrogens is 1. The Bertz CT molecular complexity index is 348. The molecule has 0 aromatic carbocycles. The summed E-state index contributed by atoms with van der Waals surface area (Å²) >= 11 is 0. The summed E-state index contributed by atoms with van der Waals surface area (Å²) in [5, 5.41) is 3.62. The second kappa shape index (κ2) is 5.15. The first-order valence-corrected chi connectivity index (χ1v) is 6.49. The van der Waals surface area contributed by atoms with Crippen molar-refractivity contribution in [2.24, 2.45) is 0 Å². The lowest BCUT2D eigenvalue weighted by Crippen LogP contribution is -2.61. The third-order valence-corrected chi connectivity index (χ3v) is 3.74. The lowest BCUT2D eigenvalue weighted by Gasteiger charge is -2.46. The summed E-state index contributed by atoms with van der Waals surface area (Å²) in [5.41, 5.74) is 1.58. The van der Waals surface area contributed by atoms with Crippen LogP contribution in [0.3, 0.4) is 0 Å². The molecular formula is C14H23N3. The van der Waals surface area contributed by atoms with Crippen LogP contribution in [0.4, 0.5) is 0 Å². The van der Waals surface area contributed by atoms with Crippen LogP contribution in [0.2, 0.25) is 0 Å². The van der Waals surface area contributed by atoms with Crippen LogP contribution in [0, 0.1) is 0 Å². The molecule has 2 heterocycles. The molecule has 1 aliphatic rings. The zero-order chi connectivity index (χ0) is 12.3. The highest BCUT2D eigenvalue weighted by Crippen LogP contribution is 2.21. The van der Waals surface area contributed by atoms with Crippen molar-refractivity contribution in [1.82, 2.24) is 15.2 Å². The van der Waals surface area contributed by atoms with Crippen LogP contribution in [-0.4, -0.2) is 34.6 Å². The van der Waals surface area contributed by atoms with Gasteiger partial charge in [0.05, 0.1) is 0 Å². The maximum Gasteiger partial charge on any atom is 0.0281 e. The fraction of sp³-hybridized carbons (Fsp3) is 0.643. The van der Waals surface area contributed by atoms with Crippen molar-refractivity contribution >= 4 is 0 Å². The Labute approximate surface area is 104 Å². The van der Waals surface area contributed by atoms with Crippen LogP contribution in [-0.2, 0) is 6.54 Å². The molecule has 2 rings (SSSR count). The van der Waals surface area contributed by atoms with Gasteiger partial charge in [0.15, 0.2) is 0 Å². The molecule has 1 N–H and O–H groups in total. The van der Waals surface area contributed by atoms with Crippen molar-refractivity contribution < 1.29 is 0 Å². The van der Waals surface area contributed by atoms with Crippen molar-refractivity contribution in [2.75, 3.05) is 13.1 Å². The SMILES string of the molecule is CCC1CN(Cc2ccncc2)C(C)(C)CN1. The van der Waals surface area contributed by atoms with E-state index in [9.17, 15) is 0 Å². The summed E-state index contributed by atoms with van der Waals surface area (Å²) in [6.45, 7) is 10.1. The Hall–Kier alpha value is -0.930. The Morgan fingerprint density at radius 3 is 2.76 bits per heavy atom. The largest absolute Gasteiger partial charge is 0.311 e. The smallest absolute Gasteiger partial charge is 0.0281 e. The molecule has 1 fully saturated rings. The van der Waals surface area contributed by atoms with E-state index in [1.165, 1.54) is 12.0 Å². The quantitative estimate of drug-likeness (QED) is 0.866. The Kier molecular flexibility index (Phi) is 3.79. The molecule has 1 aromatic heterocycles. The van der Waals surface area contributed by atoms with Gasteiger partial charge in [0.25, 0.3) is 0 Å². The monoisotopic (exact) mass is 233 g/mol. The van der Waals surface area contributed by atoms with E-state index in [0.29, 0.717) is 6.04 Å². The summed E-state index contributed by atoms with van der Waals surface area (Å²) in [6, 6.07) is 4.85. The standard InChI is InChI=1S/C14H23N3/c1-4-13-10-17(14(2,3)11-16-13)9-12-5-7-15-8-6-12/h5-8,13,16H,4,9-11H2,1-3H3. The van der Waals surface area contributed by atoms with Gasteiger partial charge in [0.1, 0.15) is 0 Å². The molecule has 1 unspecified atom stereocenters. The van der Waals surface area contributed by atoms with Crippen molar-refractivity contribution in [2.45, 2.75) is 45.3 Å². The minimum absolute atomic E-state index is 0.231. The number of piperazine rings is 1. The van der Waals surface area contributed by atoms with Crippen LogP contribution < -0.4 is 5.32 Å². The number of pyridine rings is 1. The first-order valence-electron chi connectivity index (χ1n) is 6.49. The summed E-state index contributed by atoms with van der Waals surface area (Å²) in [6.07, 6.45) is 4.95. The van der Waals surface area contributed by atoms with Gasteiger partial charge in [0.2, 0.25) is 0 Å². The molecule has 1 saturated heterocycles. The molecular weight excluding hydrogens is 210 g/mol. The fourth-order valence-electron chi connectivity index (χ4n) is 2.34. The lowest BCUT2D eigenvalue weighted by molar-refractivity contribution is 0.0577. The summed E-state index contributed by atoms with van der Waals surface area (Å²) in [7, 11) is 0. The van der Waals surface area contributed by atoms with E-state index in [0.717, 1.165) is 19.6 Å². The molecule has 0 spiro atoms. The Morgan fingerprint density at radius 1 is 1.41 bits per heavy atom. The van der Waals surface area contributed by atoms with Crippen molar-refractivity contribution in [3.05, 3.63) is 30.1 Å². The van der Waals surface area contributed by atoms with Gasteiger partial charge in [-0.2, -0.15) is 0 Å². The van der Waals surface area contributed by atoms with Crippen LogP contribution in [0.15, 0.2) is 24.5 Å². The molecule has 0 bridgehead atoms. The first-order chi connectivity index (χ1) is 8.12. The zero-order valence-corrected chi connectivity index (χ0v) is 11.1. The second-order valence-corrected chi connectivity index (χ2v) is 5.53. The Morgan fingerprint density at radius 2 is 2.12 bits per heavy atom. The molecule has 1 aromatic rings. The maximum atomic E-state index is 4.08. The summed E-state index contributed by atoms with van der Waals surface area (Å²) in [5.74, 6) is 0. The normalized spacial score (nSPS) is 24.8. The molecule has 94 valence electrons. The van der Waals surface area contributed by atoms with Gasteiger partial charge >= 0.3 is 0 Å². The molecule has 3 heteroatoms. The summed E-state index contributed by atoms with van der Waals surface area (Å²) in [4.78, 5) is 6.65. The molecule has 0 aliphatic carbocycles. The van der Waals surface area contributed by atoms with E-state index in [1.54, 1.807) is 0 Å². The highest BCUT2D eigenvalue weighted by molar-refractivity contribution is 5.11. The van der Waals surface area contributed by atoms with E-state index in [2.05, 4.69) is 48.1 Å². The third-order valence-electron chi connectivity index (χ3n) is 3.74. The molecule has 1 atom stereocenters. The van der Waals surface area contributed by atoms with E-state index in [-0.39, 0.29) is 5.54 Å². The molecule has 0 saturated carbocycles. The number of nitrogens with one attached hydrogen (secondary N) is 1. The van der Waals surface area contributed by atoms with Crippen LogP contribution in [0.25, 0.3) is 0 Å². The fourth-order valence-corrected chi connectivity index (χ4v) is 2.34. The Balaban J connectivity index is 2.06. The first kappa shape index (κ1) is 12.5. The highest BCUT2D eigenvalue weighted by atomic mass is 15.3. The second-order valence-electron chi connectivity index (χ2n) is 5.53. The molecule has 1 aliphatic heterocycles. The molecule has 3 nitrogen and oxygen atoms in total. The van der Waals surface area contributed by atoms with Crippen molar-refractivity contribution in [3.63, 3.8) is 0 Å². The lowest BCUT2D eigenvalue weighted by atomic mass is 9.96. The van der Waals surface area contributed by atoms with Crippen molar-refractivity contribution in [1.29, 1.82) is 0 Å². The van der Waals surface area contributed by atoms with Crippen molar-refractivity contribution in [3.8, 4) is 0 Å². The molecule has 17 heavy (non-hydrogen) atoms. The molecule has 0 radical (unpaired) electrons. The predicted molar refractivity (Wildman–Crippen MR) is 70.8 cm³/mol. The van der Waals surface area contributed by atoms with E-state index in [4.69, 9.17) is 0 Å². The minimum Gasteiger partial charge on any atom is -0.311 e. The molecule has 0 amide bonds. The number of hydrogen-bond donors (Lipinski definition) is 1. The van der Waals surface area contributed by atoms with E-state index < -0.39 is 0 Å². The van der Waals surface area contributed by atoms with Crippen LogP contribution in [0.5, 0.6) is 0 Å². The average Bonchev–Trinajstić information content (AvgIpc) is 2.33. The minimum atomic E-state index is 0.231. The van der Waals surface area contributed by atoms with Gasteiger partial charge in [-0.15, -0.1) is 0 Å². The summed E-state index contributed by atoms with van der Waals surface area (Å²) < 4.78 is 0. The van der Waals surface area contributed by atoms with Gasteiger partial charge in [-0.05, 0) is 38.0 Å². The highest BCUT2D eigenvalue weighted by Gasteiger charge is 2.32. The van der Waals surface area contributed by atoms with Gasteiger partial charge < -0.3 is 5.32 Å². The van der Waals surface area contributed by atoms with Gasteiger partial charge in [-0.3, -0.25) is 9.88 Å².